The molecule has 0 aliphatic carbocycles. The van der Waals surface area contributed by atoms with Crippen LogP contribution < -0.4 is 15.4 Å². The Kier molecular flexibility index (Phi) is 3.77. The number of ether oxygens (including phenoxy) is 1. The van der Waals surface area contributed by atoms with Gasteiger partial charge >= 0.3 is 0 Å². The lowest BCUT2D eigenvalue weighted by atomic mass is 10.1. The largest absolute Gasteiger partial charge is 0.482 e. The van der Waals surface area contributed by atoms with Crippen LogP contribution in [0.4, 0.5) is 11.4 Å². The van der Waals surface area contributed by atoms with E-state index in [2.05, 4.69) is 6.07 Å². The van der Waals surface area contributed by atoms with Gasteiger partial charge in [0.15, 0.2) is 6.61 Å². The van der Waals surface area contributed by atoms with E-state index in [1.54, 1.807) is 0 Å². The minimum Gasteiger partial charge on any atom is -0.482 e. The fourth-order valence-electron chi connectivity index (χ4n) is 2.59. The monoisotopic (exact) mass is 282 g/mol. The molecule has 2 aromatic carbocycles. The van der Waals surface area contributed by atoms with Gasteiger partial charge < -0.3 is 15.4 Å². The molecule has 0 spiro atoms. The topological polar surface area (TPSA) is 55.6 Å². The molecule has 2 aromatic rings. The minimum absolute atomic E-state index is 0.0151. The minimum atomic E-state index is 0.0151. The van der Waals surface area contributed by atoms with Gasteiger partial charge in [-0.15, -0.1) is 0 Å². The Morgan fingerprint density at radius 1 is 1.14 bits per heavy atom. The molecular formula is C17H18N2O2. The lowest BCUT2D eigenvalue weighted by Crippen LogP contribution is -2.39. The van der Waals surface area contributed by atoms with Crippen LogP contribution in [0.15, 0.2) is 48.5 Å². The summed E-state index contributed by atoms with van der Waals surface area (Å²) in [6, 6.07) is 15.5. The van der Waals surface area contributed by atoms with Crippen molar-refractivity contribution in [2.24, 2.45) is 0 Å². The molecule has 108 valence electrons. The number of para-hydroxylation sites is 2. The van der Waals surface area contributed by atoms with Crippen LogP contribution in [0.5, 0.6) is 5.75 Å². The number of nitrogens with two attached hydrogens (primary N) is 1. The average molecular weight is 282 g/mol. The molecule has 2 N–H and O–H groups in total. The fraction of sp³-hybridized carbons (Fsp3) is 0.235. The van der Waals surface area contributed by atoms with E-state index in [4.69, 9.17) is 10.5 Å². The summed E-state index contributed by atoms with van der Waals surface area (Å²) in [4.78, 5) is 13.8. The highest BCUT2D eigenvalue weighted by molar-refractivity contribution is 5.97. The Labute approximate surface area is 124 Å². The number of amides is 1. The first-order valence-electron chi connectivity index (χ1n) is 7.10. The van der Waals surface area contributed by atoms with Crippen molar-refractivity contribution in [2.45, 2.75) is 12.8 Å². The zero-order valence-electron chi connectivity index (χ0n) is 11.8. The number of nitrogens with zero attached hydrogens (tertiary/aromatic N) is 1. The SMILES string of the molecule is Nc1cccc(CCCN2C(=O)COc3ccccc32)c1. The van der Waals surface area contributed by atoms with Crippen LogP contribution in [0.3, 0.4) is 0 Å². The molecule has 0 fully saturated rings. The molecule has 0 radical (unpaired) electrons. The maximum absolute atomic E-state index is 12.0. The number of carbonyl (C=O) groups excluding carboxylic acids is 1. The van der Waals surface area contributed by atoms with Gasteiger partial charge in [-0.25, -0.2) is 0 Å². The van der Waals surface area contributed by atoms with E-state index in [1.807, 2.05) is 47.4 Å². The molecule has 0 bridgehead atoms. The predicted molar refractivity (Wildman–Crippen MR) is 83.5 cm³/mol. The van der Waals surface area contributed by atoms with Crippen LogP contribution >= 0.6 is 0 Å². The summed E-state index contributed by atoms with van der Waals surface area (Å²) < 4.78 is 5.44. The van der Waals surface area contributed by atoms with Gasteiger partial charge in [0.25, 0.3) is 5.91 Å². The van der Waals surface area contributed by atoms with E-state index < -0.39 is 0 Å². The molecule has 1 amide bonds. The molecule has 0 saturated carbocycles. The van der Waals surface area contributed by atoms with E-state index in [0.29, 0.717) is 6.54 Å². The predicted octanol–water partition coefficient (Wildman–Crippen LogP) is 2.63. The second-order valence-electron chi connectivity index (χ2n) is 5.15. The van der Waals surface area contributed by atoms with Crippen molar-refractivity contribution in [3.8, 4) is 5.75 Å². The summed E-state index contributed by atoms with van der Waals surface area (Å²) in [7, 11) is 0. The third kappa shape index (κ3) is 2.99. The first-order valence-corrected chi connectivity index (χ1v) is 7.10. The van der Waals surface area contributed by atoms with Crippen LogP contribution in [-0.4, -0.2) is 19.1 Å². The molecular weight excluding hydrogens is 264 g/mol. The molecule has 1 aliphatic rings. The molecule has 0 aromatic heterocycles. The van der Waals surface area contributed by atoms with Crippen molar-refractivity contribution < 1.29 is 9.53 Å². The highest BCUT2D eigenvalue weighted by Gasteiger charge is 2.24. The van der Waals surface area contributed by atoms with Gasteiger partial charge in [-0.05, 0) is 42.7 Å². The summed E-state index contributed by atoms with van der Waals surface area (Å²) in [5.74, 6) is 0.794. The fourth-order valence-corrected chi connectivity index (χ4v) is 2.59. The standard InChI is InChI=1S/C17H18N2O2/c18-14-7-3-5-13(11-14)6-4-10-19-15-8-1-2-9-16(15)21-12-17(19)20/h1-3,5,7-9,11H,4,6,10,12,18H2. The molecule has 1 heterocycles. The highest BCUT2D eigenvalue weighted by Crippen LogP contribution is 2.31. The van der Waals surface area contributed by atoms with Gasteiger partial charge in [0.1, 0.15) is 5.75 Å². The van der Waals surface area contributed by atoms with E-state index in [-0.39, 0.29) is 12.5 Å². The summed E-state index contributed by atoms with van der Waals surface area (Å²) in [6.07, 6.45) is 1.79. The van der Waals surface area contributed by atoms with Gasteiger partial charge in [0, 0.05) is 12.2 Å². The Bertz CT molecular complexity index is 655. The van der Waals surface area contributed by atoms with Crippen LogP contribution in [0.25, 0.3) is 0 Å². The number of rotatable bonds is 4. The number of carbonyl (C=O) groups is 1. The van der Waals surface area contributed by atoms with Crippen molar-refractivity contribution in [1.82, 2.24) is 0 Å². The van der Waals surface area contributed by atoms with E-state index in [0.717, 1.165) is 30.0 Å². The van der Waals surface area contributed by atoms with E-state index in [1.165, 1.54) is 5.56 Å². The molecule has 0 atom stereocenters. The number of aryl methyl sites for hydroxylation is 1. The first-order chi connectivity index (χ1) is 10.2. The van der Waals surface area contributed by atoms with Crippen molar-refractivity contribution in [1.29, 1.82) is 0 Å². The normalized spacial score (nSPS) is 13.7. The molecule has 0 saturated heterocycles. The van der Waals surface area contributed by atoms with Gasteiger partial charge in [0.05, 0.1) is 5.69 Å². The third-order valence-electron chi connectivity index (χ3n) is 3.61. The second kappa shape index (κ2) is 5.87. The second-order valence-corrected chi connectivity index (χ2v) is 5.15. The first kappa shape index (κ1) is 13.5. The molecule has 1 aliphatic heterocycles. The van der Waals surface area contributed by atoms with Gasteiger partial charge in [-0.2, -0.15) is 0 Å². The summed E-state index contributed by atoms with van der Waals surface area (Å²) in [5, 5.41) is 0. The lowest BCUT2D eigenvalue weighted by molar-refractivity contribution is -0.121. The summed E-state index contributed by atoms with van der Waals surface area (Å²) in [5.41, 5.74) is 8.62. The molecule has 4 nitrogen and oxygen atoms in total. The van der Waals surface area contributed by atoms with Crippen molar-refractivity contribution in [3.63, 3.8) is 0 Å². The van der Waals surface area contributed by atoms with Crippen LogP contribution in [-0.2, 0) is 11.2 Å². The number of fused-ring (bicyclic) bond motifs is 1. The highest BCUT2D eigenvalue weighted by atomic mass is 16.5. The Balaban J connectivity index is 1.66. The quantitative estimate of drug-likeness (QED) is 0.877. The smallest absolute Gasteiger partial charge is 0.265 e. The maximum atomic E-state index is 12.0. The summed E-state index contributed by atoms with van der Waals surface area (Å²) >= 11 is 0. The van der Waals surface area contributed by atoms with Gasteiger partial charge in [0.2, 0.25) is 0 Å². The van der Waals surface area contributed by atoms with Crippen molar-refractivity contribution in [3.05, 3.63) is 54.1 Å². The Morgan fingerprint density at radius 2 is 2.00 bits per heavy atom. The molecule has 3 rings (SSSR count). The maximum Gasteiger partial charge on any atom is 0.265 e. The van der Waals surface area contributed by atoms with Crippen molar-refractivity contribution >= 4 is 17.3 Å². The van der Waals surface area contributed by atoms with Crippen LogP contribution in [0.2, 0.25) is 0 Å². The Hall–Kier alpha value is -2.49. The van der Waals surface area contributed by atoms with Crippen LogP contribution in [0, 0.1) is 0 Å². The zero-order valence-corrected chi connectivity index (χ0v) is 11.8. The number of anilines is 2. The number of nitrogen functional groups attached to an aromatic ring is 1. The van der Waals surface area contributed by atoms with Gasteiger partial charge in [-0.1, -0.05) is 24.3 Å². The van der Waals surface area contributed by atoms with E-state index >= 15 is 0 Å². The molecule has 4 heteroatoms. The molecule has 21 heavy (non-hydrogen) atoms. The van der Waals surface area contributed by atoms with Gasteiger partial charge in [-0.3, -0.25) is 4.79 Å². The third-order valence-corrected chi connectivity index (χ3v) is 3.61. The van der Waals surface area contributed by atoms with E-state index in [9.17, 15) is 4.79 Å². The number of hydrogen-bond acceptors (Lipinski definition) is 3. The Morgan fingerprint density at radius 3 is 2.86 bits per heavy atom. The lowest BCUT2D eigenvalue weighted by Gasteiger charge is -2.29. The zero-order chi connectivity index (χ0) is 14.7. The number of benzene rings is 2. The summed E-state index contributed by atoms with van der Waals surface area (Å²) in [6.45, 7) is 0.809. The van der Waals surface area contributed by atoms with Crippen LogP contribution in [0.1, 0.15) is 12.0 Å². The number of hydrogen-bond donors (Lipinski definition) is 1. The average Bonchev–Trinajstić information content (AvgIpc) is 2.50. The van der Waals surface area contributed by atoms with Crippen molar-refractivity contribution in [2.75, 3.05) is 23.8 Å². The molecule has 0 unspecified atom stereocenters.